The minimum absolute atomic E-state index is 0.353. The lowest BCUT2D eigenvalue weighted by Gasteiger charge is -2.16. The van der Waals surface area contributed by atoms with Crippen LogP contribution in [0.1, 0.15) is 31.4 Å². The zero-order valence-electron chi connectivity index (χ0n) is 9.90. The van der Waals surface area contributed by atoms with Crippen LogP contribution in [0.25, 0.3) is 6.08 Å². The first kappa shape index (κ1) is 10.9. The molecule has 1 atom stereocenters. The first-order valence-electron chi connectivity index (χ1n) is 5.77. The standard InChI is InChI=1S/C15H17N/c1-4-12(3)16-15-11(2)9-10-13-7-5-6-8-14(13)15/h5-10,12H,2,4H2,1,3H3/b16-15+. The SMILES string of the molecule is C=C1C=Cc2ccccc2/C1=N/C(C)CC. The van der Waals surface area contributed by atoms with Crippen molar-refractivity contribution in [3.8, 4) is 0 Å². The molecule has 0 N–H and O–H groups in total. The van der Waals surface area contributed by atoms with Gasteiger partial charge in [-0.15, -0.1) is 0 Å². The van der Waals surface area contributed by atoms with E-state index in [0.717, 1.165) is 17.7 Å². The molecule has 0 aliphatic heterocycles. The molecule has 0 aromatic heterocycles. The zero-order valence-corrected chi connectivity index (χ0v) is 9.90. The van der Waals surface area contributed by atoms with Crippen molar-refractivity contribution in [3.05, 3.63) is 53.6 Å². The number of hydrogen-bond acceptors (Lipinski definition) is 1. The van der Waals surface area contributed by atoms with Crippen molar-refractivity contribution in [3.63, 3.8) is 0 Å². The highest BCUT2D eigenvalue weighted by molar-refractivity contribution is 6.18. The van der Waals surface area contributed by atoms with Gasteiger partial charge in [-0.3, -0.25) is 4.99 Å². The Morgan fingerprint density at radius 3 is 2.75 bits per heavy atom. The first-order chi connectivity index (χ1) is 7.72. The Hall–Kier alpha value is -1.63. The summed E-state index contributed by atoms with van der Waals surface area (Å²) in [5.41, 5.74) is 4.50. The van der Waals surface area contributed by atoms with Crippen LogP contribution in [0, 0.1) is 0 Å². The zero-order chi connectivity index (χ0) is 11.5. The van der Waals surface area contributed by atoms with Crippen molar-refractivity contribution < 1.29 is 0 Å². The van der Waals surface area contributed by atoms with Crippen molar-refractivity contribution in [2.24, 2.45) is 4.99 Å². The van der Waals surface area contributed by atoms with Crippen molar-refractivity contribution in [1.82, 2.24) is 0 Å². The Balaban J connectivity index is 2.49. The highest BCUT2D eigenvalue weighted by Crippen LogP contribution is 2.22. The molecule has 1 aliphatic carbocycles. The van der Waals surface area contributed by atoms with E-state index in [9.17, 15) is 0 Å². The molecule has 0 heterocycles. The second-order valence-corrected chi connectivity index (χ2v) is 4.18. The van der Waals surface area contributed by atoms with Gasteiger partial charge in [-0.05, 0) is 24.5 Å². The van der Waals surface area contributed by atoms with E-state index in [1.807, 2.05) is 6.08 Å². The van der Waals surface area contributed by atoms with E-state index in [1.165, 1.54) is 11.1 Å². The van der Waals surface area contributed by atoms with Crippen LogP contribution in [-0.2, 0) is 0 Å². The van der Waals surface area contributed by atoms with Gasteiger partial charge in [-0.1, -0.05) is 49.9 Å². The molecule has 2 rings (SSSR count). The van der Waals surface area contributed by atoms with E-state index < -0.39 is 0 Å². The molecular weight excluding hydrogens is 194 g/mol. The minimum atomic E-state index is 0.353. The third-order valence-corrected chi connectivity index (χ3v) is 2.92. The monoisotopic (exact) mass is 211 g/mol. The van der Waals surface area contributed by atoms with Gasteiger partial charge in [0.2, 0.25) is 0 Å². The third kappa shape index (κ3) is 1.99. The van der Waals surface area contributed by atoms with E-state index in [-0.39, 0.29) is 0 Å². The van der Waals surface area contributed by atoms with Gasteiger partial charge in [0.1, 0.15) is 0 Å². The van der Waals surface area contributed by atoms with Gasteiger partial charge in [0.15, 0.2) is 0 Å². The average Bonchev–Trinajstić information content (AvgIpc) is 2.32. The van der Waals surface area contributed by atoms with Crippen LogP contribution in [0.2, 0.25) is 0 Å². The molecule has 1 aliphatic rings. The maximum atomic E-state index is 4.74. The summed E-state index contributed by atoms with van der Waals surface area (Å²) >= 11 is 0. The van der Waals surface area contributed by atoms with Crippen molar-refractivity contribution in [2.45, 2.75) is 26.3 Å². The van der Waals surface area contributed by atoms with Crippen LogP contribution in [0.15, 0.2) is 47.5 Å². The summed E-state index contributed by atoms with van der Waals surface area (Å²) in [6.45, 7) is 8.36. The van der Waals surface area contributed by atoms with Gasteiger partial charge < -0.3 is 0 Å². The highest BCUT2D eigenvalue weighted by atomic mass is 14.8. The smallest absolute Gasteiger partial charge is 0.0722 e. The van der Waals surface area contributed by atoms with Gasteiger partial charge in [0.25, 0.3) is 0 Å². The van der Waals surface area contributed by atoms with Crippen LogP contribution in [0.5, 0.6) is 0 Å². The molecule has 16 heavy (non-hydrogen) atoms. The van der Waals surface area contributed by atoms with Gasteiger partial charge in [0.05, 0.1) is 5.71 Å². The highest BCUT2D eigenvalue weighted by Gasteiger charge is 2.14. The Labute approximate surface area is 97.2 Å². The van der Waals surface area contributed by atoms with E-state index in [1.54, 1.807) is 0 Å². The molecule has 0 radical (unpaired) electrons. The van der Waals surface area contributed by atoms with Crippen molar-refractivity contribution in [1.29, 1.82) is 0 Å². The maximum Gasteiger partial charge on any atom is 0.0722 e. The summed E-state index contributed by atoms with van der Waals surface area (Å²) in [5.74, 6) is 0. The molecule has 0 spiro atoms. The fourth-order valence-corrected chi connectivity index (χ4v) is 1.76. The molecule has 1 unspecified atom stereocenters. The van der Waals surface area contributed by atoms with Crippen LogP contribution in [0.3, 0.4) is 0 Å². The van der Waals surface area contributed by atoms with Crippen LogP contribution in [0.4, 0.5) is 0 Å². The Morgan fingerprint density at radius 2 is 2.00 bits per heavy atom. The minimum Gasteiger partial charge on any atom is -0.281 e. The largest absolute Gasteiger partial charge is 0.281 e. The Kier molecular flexibility index (Phi) is 3.04. The second kappa shape index (κ2) is 4.48. The fraction of sp³-hybridized carbons (Fsp3) is 0.267. The van der Waals surface area contributed by atoms with Gasteiger partial charge in [-0.25, -0.2) is 0 Å². The number of allylic oxidation sites excluding steroid dienone is 2. The molecule has 0 bridgehead atoms. The topological polar surface area (TPSA) is 12.4 Å². The van der Waals surface area contributed by atoms with Crippen LogP contribution >= 0.6 is 0 Å². The summed E-state index contributed by atoms with van der Waals surface area (Å²) in [6.07, 6.45) is 5.21. The molecule has 0 saturated heterocycles. The summed E-state index contributed by atoms with van der Waals surface area (Å²) in [4.78, 5) is 4.74. The average molecular weight is 211 g/mol. The molecule has 1 aromatic carbocycles. The van der Waals surface area contributed by atoms with E-state index >= 15 is 0 Å². The van der Waals surface area contributed by atoms with E-state index in [4.69, 9.17) is 4.99 Å². The van der Waals surface area contributed by atoms with Gasteiger partial charge in [-0.2, -0.15) is 0 Å². The lowest BCUT2D eigenvalue weighted by atomic mass is 9.92. The third-order valence-electron chi connectivity index (χ3n) is 2.92. The molecule has 0 saturated carbocycles. The number of aliphatic imine (C=N–C) groups is 1. The molecule has 1 nitrogen and oxygen atoms in total. The molecule has 1 heteroatoms. The molecule has 0 fully saturated rings. The second-order valence-electron chi connectivity index (χ2n) is 4.18. The van der Waals surface area contributed by atoms with E-state index in [2.05, 4.69) is 50.8 Å². The molecule has 0 amide bonds. The van der Waals surface area contributed by atoms with Gasteiger partial charge in [0, 0.05) is 11.6 Å². The Morgan fingerprint density at radius 1 is 1.25 bits per heavy atom. The fourth-order valence-electron chi connectivity index (χ4n) is 1.76. The maximum absolute atomic E-state index is 4.74. The lowest BCUT2D eigenvalue weighted by molar-refractivity contribution is 0.717. The number of fused-ring (bicyclic) bond motifs is 1. The summed E-state index contributed by atoms with van der Waals surface area (Å²) in [6, 6.07) is 8.69. The van der Waals surface area contributed by atoms with E-state index in [0.29, 0.717) is 6.04 Å². The summed E-state index contributed by atoms with van der Waals surface area (Å²) < 4.78 is 0. The number of hydrogen-bond donors (Lipinski definition) is 0. The van der Waals surface area contributed by atoms with Crippen molar-refractivity contribution >= 4 is 11.8 Å². The van der Waals surface area contributed by atoms with Gasteiger partial charge >= 0.3 is 0 Å². The number of benzene rings is 1. The lowest BCUT2D eigenvalue weighted by Crippen LogP contribution is -2.12. The molecular formula is C15H17N. The van der Waals surface area contributed by atoms with Crippen LogP contribution < -0.4 is 0 Å². The predicted octanol–water partition coefficient (Wildman–Crippen LogP) is 3.86. The molecule has 82 valence electrons. The predicted molar refractivity (Wildman–Crippen MR) is 70.9 cm³/mol. The molecule has 1 aromatic rings. The van der Waals surface area contributed by atoms with Crippen molar-refractivity contribution in [2.75, 3.05) is 0 Å². The summed E-state index contributed by atoms with van der Waals surface area (Å²) in [7, 11) is 0. The number of nitrogens with zero attached hydrogens (tertiary/aromatic N) is 1. The normalized spacial score (nSPS) is 18.6. The number of rotatable bonds is 2. The summed E-state index contributed by atoms with van der Waals surface area (Å²) in [5, 5.41) is 0. The Bertz CT molecular complexity index is 466. The van der Waals surface area contributed by atoms with Crippen LogP contribution in [-0.4, -0.2) is 11.8 Å². The first-order valence-corrected chi connectivity index (χ1v) is 5.77. The quantitative estimate of drug-likeness (QED) is 0.704.